The first-order valence-corrected chi connectivity index (χ1v) is 7.81. The van der Waals surface area contributed by atoms with Gasteiger partial charge in [-0.3, -0.25) is 15.5 Å². The van der Waals surface area contributed by atoms with Gasteiger partial charge in [-0.1, -0.05) is 23.7 Å². The van der Waals surface area contributed by atoms with Crippen LogP contribution in [-0.2, 0) is 6.18 Å². The molecule has 0 fully saturated rings. The monoisotopic (exact) mass is 418 g/mol. The molecule has 12 heteroatoms. The van der Waals surface area contributed by atoms with Crippen molar-refractivity contribution in [2.75, 3.05) is 5.32 Å². The Morgan fingerprint density at radius 2 is 2.00 bits per heavy atom. The van der Waals surface area contributed by atoms with Crippen LogP contribution >= 0.6 is 23.8 Å². The van der Waals surface area contributed by atoms with E-state index in [9.17, 15) is 28.4 Å². The number of phenols is 1. The van der Waals surface area contributed by atoms with Crippen LogP contribution < -0.4 is 10.7 Å². The van der Waals surface area contributed by atoms with Crippen LogP contribution in [0.1, 0.15) is 11.1 Å². The number of nitrogens with zero attached hydrogens (tertiary/aromatic N) is 2. The number of anilines is 1. The van der Waals surface area contributed by atoms with Crippen LogP contribution in [0.2, 0.25) is 5.02 Å². The number of nitro benzene ring substituents is 1. The molecule has 2 aromatic carbocycles. The Balaban J connectivity index is 2.13. The highest BCUT2D eigenvalue weighted by Gasteiger charge is 2.33. The summed E-state index contributed by atoms with van der Waals surface area (Å²) in [5, 5.41) is 26.3. The van der Waals surface area contributed by atoms with Crippen LogP contribution in [-0.4, -0.2) is 21.4 Å². The molecule has 142 valence electrons. The summed E-state index contributed by atoms with van der Waals surface area (Å²) in [5.41, 5.74) is 0.353. The molecule has 0 aliphatic rings. The molecule has 0 aliphatic carbocycles. The molecule has 2 rings (SSSR count). The normalized spacial score (nSPS) is 11.4. The Morgan fingerprint density at radius 3 is 2.63 bits per heavy atom. The molecule has 2 aromatic rings. The second kappa shape index (κ2) is 8.18. The van der Waals surface area contributed by atoms with Crippen molar-refractivity contribution in [2.24, 2.45) is 5.10 Å². The Hall–Kier alpha value is -2.92. The molecule has 0 bridgehead atoms. The molecule has 7 nitrogen and oxygen atoms in total. The summed E-state index contributed by atoms with van der Waals surface area (Å²) in [7, 11) is 0. The highest BCUT2D eigenvalue weighted by Crippen LogP contribution is 2.34. The van der Waals surface area contributed by atoms with Crippen LogP contribution in [0, 0.1) is 10.1 Å². The number of nitrogens with one attached hydrogen (secondary N) is 2. The van der Waals surface area contributed by atoms with Crippen LogP contribution in [0.4, 0.5) is 24.5 Å². The Labute approximate surface area is 160 Å². The lowest BCUT2D eigenvalue weighted by molar-refractivity contribution is -0.385. The van der Waals surface area contributed by atoms with Crippen LogP contribution in [0.5, 0.6) is 5.75 Å². The van der Waals surface area contributed by atoms with Crippen molar-refractivity contribution in [3.8, 4) is 5.75 Å². The second-order valence-electron chi connectivity index (χ2n) is 4.99. The number of rotatable bonds is 4. The van der Waals surface area contributed by atoms with Crippen molar-refractivity contribution in [3.63, 3.8) is 0 Å². The number of hydrazone groups is 1. The lowest BCUT2D eigenvalue weighted by atomic mass is 10.2. The molecule has 0 saturated carbocycles. The average molecular weight is 419 g/mol. The summed E-state index contributed by atoms with van der Waals surface area (Å²) in [6.45, 7) is 0. The number of phenolic OH excluding ortho intramolecular Hbond substituents is 1. The van der Waals surface area contributed by atoms with Crippen molar-refractivity contribution in [3.05, 3.63) is 62.7 Å². The third-order valence-electron chi connectivity index (χ3n) is 3.13. The number of alkyl halides is 3. The van der Waals surface area contributed by atoms with Crippen LogP contribution in [0.25, 0.3) is 0 Å². The van der Waals surface area contributed by atoms with E-state index in [1.165, 1.54) is 24.3 Å². The molecule has 0 unspecified atom stereocenters. The molecular weight excluding hydrogens is 409 g/mol. The number of halogens is 4. The van der Waals surface area contributed by atoms with Crippen molar-refractivity contribution in [2.45, 2.75) is 6.18 Å². The van der Waals surface area contributed by atoms with Gasteiger partial charge in [0.05, 0.1) is 22.4 Å². The first-order valence-electron chi connectivity index (χ1n) is 7.02. The summed E-state index contributed by atoms with van der Waals surface area (Å²) in [5.74, 6) is -0.670. The molecule has 0 atom stereocenters. The minimum absolute atomic E-state index is 0.0132. The van der Waals surface area contributed by atoms with E-state index in [4.69, 9.17) is 23.8 Å². The first-order chi connectivity index (χ1) is 12.6. The maximum absolute atomic E-state index is 12.9. The van der Waals surface area contributed by atoms with E-state index in [-0.39, 0.29) is 21.4 Å². The minimum atomic E-state index is -4.58. The van der Waals surface area contributed by atoms with Gasteiger partial charge in [0.2, 0.25) is 5.75 Å². The molecule has 0 heterocycles. The summed E-state index contributed by atoms with van der Waals surface area (Å²) < 4.78 is 38.8. The predicted molar refractivity (Wildman–Crippen MR) is 98.2 cm³/mol. The molecular formula is C15H10ClF3N4O3S. The van der Waals surface area contributed by atoms with Gasteiger partial charge in [0.15, 0.2) is 5.11 Å². The van der Waals surface area contributed by atoms with Gasteiger partial charge in [-0.15, -0.1) is 0 Å². The van der Waals surface area contributed by atoms with E-state index in [0.717, 1.165) is 18.3 Å². The molecule has 3 N–H and O–H groups in total. The lowest BCUT2D eigenvalue weighted by Crippen LogP contribution is -2.25. The average Bonchev–Trinajstić information content (AvgIpc) is 2.57. The predicted octanol–water partition coefficient (Wildman–Crippen LogP) is 4.29. The van der Waals surface area contributed by atoms with Gasteiger partial charge >= 0.3 is 11.9 Å². The molecule has 0 aromatic heterocycles. The highest BCUT2D eigenvalue weighted by molar-refractivity contribution is 7.80. The maximum Gasteiger partial charge on any atom is 0.418 e. The van der Waals surface area contributed by atoms with E-state index >= 15 is 0 Å². The number of hydrogen-bond donors (Lipinski definition) is 3. The van der Waals surface area contributed by atoms with Crippen LogP contribution in [0.3, 0.4) is 0 Å². The van der Waals surface area contributed by atoms with E-state index in [1.807, 2.05) is 0 Å². The maximum atomic E-state index is 12.9. The summed E-state index contributed by atoms with van der Waals surface area (Å²) in [6.07, 6.45) is -3.59. The van der Waals surface area contributed by atoms with E-state index in [1.54, 1.807) is 0 Å². The second-order valence-corrected chi connectivity index (χ2v) is 5.83. The molecule has 27 heavy (non-hydrogen) atoms. The number of nitro groups is 1. The van der Waals surface area contributed by atoms with E-state index < -0.39 is 28.1 Å². The van der Waals surface area contributed by atoms with Gasteiger partial charge in [0.1, 0.15) is 0 Å². The highest BCUT2D eigenvalue weighted by atomic mass is 35.5. The van der Waals surface area contributed by atoms with Crippen molar-refractivity contribution in [1.29, 1.82) is 0 Å². The fraction of sp³-hybridized carbons (Fsp3) is 0.0667. The van der Waals surface area contributed by atoms with Gasteiger partial charge in [-0.2, -0.15) is 18.3 Å². The van der Waals surface area contributed by atoms with Crippen molar-refractivity contribution in [1.82, 2.24) is 5.43 Å². The van der Waals surface area contributed by atoms with Crippen molar-refractivity contribution < 1.29 is 23.2 Å². The number of thiocarbonyl (C=S) groups is 1. The van der Waals surface area contributed by atoms with Gasteiger partial charge < -0.3 is 10.4 Å². The Kier molecular flexibility index (Phi) is 6.18. The topological polar surface area (TPSA) is 99.8 Å². The van der Waals surface area contributed by atoms with E-state index in [2.05, 4.69) is 15.8 Å². The molecule has 0 spiro atoms. The standard InChI is InChI=1S/C15H10ClF3N4O3S/c16-9-5-8(13(24)12(6-9)23(25)26)7-20-22-14(27)21-11-4-2-1-3-10(11)15(17,18)19/h1-7,24H,(H2,21,22,27)/b20-7+. The number of hydrogen-bond acceptors (Lipinski definition) is 5. The minimum Gasteiger partial charge on any atom is -0.502 e. The Morgan fingerprint density at radius 1 is 1.33 bits per heavy atom. The van der Waals surface area contributed by atoms with Gasteiger partial charge in [-0.05, 0) is 30.4 Å². The lowest BCUT2D eigenvalue weighted by Gasteiger charge is -2.14. The summed E-state index contributed by atoms with van der Waals surface area (Å²) in [6, 6.07) is 6.88. The van der Waals surface area contributed by atoms with Gasteiger partial charge in [0, 0.05) is 16.7 Å². The Bertz CT molecular complexity index is 922. The van der Waals surface area contributed by atoms with E-state index in [0.29, 0.717) is 0 Å². The molecule has 0 radical (unpaired) electrons. The fourth-order valence-corrected chi connectivity index (χ4v) is 2.38. The number of aromatic hydroxyl groups is 1. The zero-order valence-corrected chi connectivity index (χ0v) is 14.7. The zero-order valence-electron chi connectivity index (χ0n) is 13.1. The molecule has 0 aliphatic heterocycles. The quantitative estimate of drug-likeness (QED) is 0.296. The van der Waals surface area contributed by atoms with Crippen LogP contribution in [0.15, 0.2) is 41.5 Å². The first kappa shape index (κ1) is 20.4. The zero-order chi connectivity index (χ0) is 20.2. The summed E-state index contributed by atoms with van der Waals surface area (Å²) >= 11 is 10.6. The third kappa shape index (κ3) is 5.28. The smallest absolute Gasteiger partial charge is 0.418 e. The number of benzene rings is 2. The fourth-order valence-electron chi connectivity index (χ4n) is 1.99. The third-order valence-corrected chi connectivity index (χ3v) is 3.54. The molecule has 0 saturated heterocycles. The number of para-hydroxylation sites is 1. The van der Waals surface area contributed by atoms with Gasteiger partial charge in [-0.25, -0.2) is 0 Å². The summed E-state index contributed by atoms with van der Waals surface area (Å²) in [4.78, 5) is 10.0. The van der Waals surface area contributed by atoms with Gasteiger partial charge in [0.25, 0.3) is 0 Å². The largest absolute Gasteiger partial charge is 0.502 e. The SMILES string of the molecule is O=[N+]([O-])c1cc(Cl)cc(/C=N/NC(=S)Nc2ccccc2C(F)(F)F)c1O. The molecule has 0 amide bonds. The van der Waals surface area contributed by atoms with Crippen molar-refractivity contribution >= 4 is 46.5 Å².